The first-order valence-corrected chi connectivity index (χ1v) is 5.15. The second-order valence-electron chi connectivity index (χ2n) is 3.51. The molecule has 1 unspecified atom stereocenters. The fraction of sp³-hybridized carbons (Fsp3) is 0.727. The lowest BCUT2D eigenvalue weighted by atomic mass is 10.1. The van der Waals surface area contributed by atoms with Crippen LogP contribution in [0.2, 0.25) is 0 Å². The van der Waals surface area contributed by atoms with Crippen LogP contribution in [0.1, 0.15) is 44.9 Å². The van der Waals surface area contributed by atoms with Crippen LogP contribution in [0.25, 0.3) is 0 Å². The minimum absolute atomic E-state index is 0.243. The van der Waals surface area contributed by atoms with Crippen LogP contribution < -0.4 is 5.11 Å². The summed E-state index contributed by atoms with van der Waals surface area (Å²) in [6.45, 7) is 3.63. The van der Waals surface area contributed by atoms with Gasteiger partial charge in [0.25, 0.3) is 0 Å². The quantitative estimate of drug-likeness (QED) is 0.445. The van der Waals surface area contributed by atoms with Crippen LogP contribution in [0, 0.1) is 0 Å². The SMILES string of the molecule is C=CCCCCCCC(O)CC(=O)[O-]. The molecule has 0 bridgehead atoms. The van der Waals surface area contributed by atoms with E-state index in [9.17, 15) is 15.0 Å². The Balaban J connectivity index is 3.18. The lowest BCUT2D eigenvalue weighted by Crippen LogP contribution is -2.27. The number of carboxylic acid groups (broad SMARTS) is 1. The van der Waals surface area contributed by atoms with Crippen molar-refractivity contribution in [3.63, 3.8) is 0 Å². The normalized spacial score (nSPS) is 12.4. The third-order valence-electron chi connectivity index (χ3n) is 2.10. The van der Waals surface area contributed by atoms with E-state index in [1.807, 2.05) is 6.08 Å². The monoisotopic (exact) mass is 199 g/mol. The van der Waals surface area contributed by atoms with Crippen molar-refractivity contribution < 1.29 is 15.0 Å². The highest BCUT2D eigenvalue weighted by molar-refractivity contribution is 5.64. The number of hydrogen-bond acceptors (Lipinski definition) is 3. The van der Waals surface area contributed by atoms with Gasteiger partial charge in [0.05, 0.1) is 6.10 Å². The van der Waals surface area contributed by atoms with Gasteiger partial charge in [-0.2, -0.15) is 0 Å². The Labute approximate surface area is 85.4 Å². The number of aliphatic carboxylic acids is 1. The Morgan fingerprint density at radius 2 is 2.00 bits per heavy atom. The summed E-state index contributed by atoms with van der Waals surface area (Å²) in [4.78, 5) is 10.1. The molecule has 3 nitrogen and oxygen atoms in total. The molecule has 0 saturated heterocycles. The van der Waals surface area contributed by atoms with Gasteiger partial charge in [0.1, 0.15) is 0 Å². The summed E-state index contributed by atoms with van der Waals surface area (Å²) < 4.78 is 0. The second-order valence-corrected chi connectivity index (χ2v) is 3.51. The Morgan fingerprint density at radius 1 is 1.36 bits per heavy atom. The van der Waals surface area contributed by atoms with Gasteiger partial charge < -0.3 is 15.0 Å². The zero-order valence-corrected chi connectivity index (χ0v) is 8.58. The zero-order valence-electron chi connectivity index (χ0n) is 8.58. The van der Waals surface area contributed by atoms with Gasteiger partial charge in [-0.3, -0.25) is 0 Å². The third-order valence-corrected chi connectivity index (χ3v) is 2.10. The van der Waals surface area contributed by atoms with E-state index >= 15 is 0 Å². The van der Waals surface area contributed by atoms with Crippen molar-refractivity contribution in [1.82, 2.24) is 0 Å². The molecule has 0 aliphatic heterocycles. The summed E-state index contributed by atoms with van der Waals surface area (Å²) in [7, 11) is 0. The fourth-order valence-corrected chi connectivity index (χ4v) is 1.32. The number of carbonyl (C=O) groups is 1. The third kappa shape index (κ3) is 9.26. The van der Waals surface area contributed by atoms with Crippen LogP contribution in [0.3, 0.4) is 0 Å². The van der Waals surface area contributed by atoms with Crippen molar-refractivity contribution in [1.29, 1.82) is 0 Å². The van der Waals surface area contributed by atoms with Gasteiger partial charge in [-0.1, -0.05) is 25.3 Å². The summed E-state index contributed by atoms with van der Waals surface area (Å²) in [5.74, 6) is -1.18. The van der Waals surface area contributed by atoms with Crippen molar-refractivity contribution in [2.75, 3.05) is 0 Å². The molecule has 3 heteroatoms. The molecule has 0 fully saturated rings. The highest BCUT2D eigenvalue weighted by Gasteiger charge is 2.03. The second kappa shape index (κ2) is 8.75. The number of hydrogen-bond donors (Lipinski definition) is 1. The number of carboxylic acids is 1. The Morgan fingerprint density at radius 3 is 2.57 bits per heavy atom. The minimum Gasteiger partial charge on any atom is -0.550 e. The van der Waals surface area contributed by atoms with Crippen LogP contribution in [0.4, 0.5) is 0 Å². The van der Waals surface area contributed by atoms with E-state index in [1.165, 1.54) is 0 Å². The van der Waals surface area contributed by atoms with Gasteiger partial charge >= 0.3 is 0 Å². The van der Waals surface area contributed by atoms with Crippen LogP contribution >= 0.6 is 0 Å². The van der Waals surface area contributed by atoms with Crippen LogP contribution in [0.15, 0.2) is 12.7 Å². The molecule has 1 atom stereocenters. The van der Waals surface area contributed by atoms with E-state index < -0.39 is 12.1 Å². The highest BCUT2D eigenvalue weighted by Crippen LogP contribution is 2.08. The van der Waals surface area contributed by atoms with Crippen molar-refractivity contribution in [2.45, 2.75) is 51.0 Å². The molecule has 0 amide bonds. The summed E-state index contributed by atoms with van der Waals surface area (Å²) in [5.41, 5.74) is 0. The number of allylic oxidation sites excluding steroid dienone is 1. The molecule has 0 radical (unpaired) electrons. The summed E-state index contributed by atoms with van der Waals surface area (Å²) >= 11 is 0. The van der Waals surface area contributed by atoms with Crippen molar-refractivity contribution in [3.8, 4) is 0 Å². The maximum Gasteiger partial charge on any atom is 0.0592 e. The van der Waals surface area contributed by atoms with E-state index in [0.717, 1.165) is 32.1 Å². The topological polar surface area (TPSA) is 60.4 Å². The molecule has 0 aromatic carbocycles. The van der Waals surface area contributed by atoms with Crippen LogP contribution in [0.5, 0.6) is 0 Å². The van der Waals surface area contributed by atoms with Gasteiger partial charge in [-0.05, 0) is 19.3 Å². The predicted molar refractivity (Wildman–Crippen MR) is 53.5 cm³/mol. The first-order chi connectivity index (χ1) is 6.66. The summed E-state index contributed by atoms with van der Waals surface area (Å²) in [6.07, 6.45) is 6.66. The summed E-state index contributed by atoms with van der Waals surface area (Å²) in [5, 5.41) is 19.3. The number of aliphatic hydroxyl groups is 1. The van der Waals surface area contributed by atoms with Gasteiger partial charge in [-0.25, -0.2) is 0 Å². The van der Waals surface area contributed by atoms with Gasteiger partial charge in [0, 0.05) is 12.4 Å². The molecule has 0 saturated carbocycles. The average molecular weight is 199 g/mol. The maximum atomic E-state index is 10.1. The summed E-state index contributed by atoms with van der Waals surface area (Å²) in [6, 6.07) is 0. The van der Waals surface area contributed by atoms with E-state index in [2.05, 4.69) is 6.58 Å². The molecule has 82 valence electrons. The molecule has 0 aromatic heterocycles. The molecular weight excluding hydrogens is 180 g/mol. The average Bonchev–Trinajstić information content (AvgIpc) is 2.10. The molecule has 0 spiro atoms. The molecule has 0 aromatic rings. The number of carbonyl (C=O) groups excluding carboxylic acids is 1. The highest BCUT2D eigenvalue weighted by atomic mass is 16.4. The molecule has 1 N–H and O–H groups in total. The molecule has 0 aliphatic rings. The standard InChI is InChI=1S/C11H20O3/c1-2-3-4-5-6-7-8-10(12)9-11(13)14/h2,10,12H,1,3-9H2,(H,13,14)/p-1. The van der Waals surface area contributed by atoms with Gasteiger partial charge in [0.15, 0.2) is 0 Å². The zero-order chi connectivity index (χ0) is 10.8. The minimum atomic E-state index is -1.18. The Bertz CT molecular complexity index is 166. The van der Waals surface area contributed by atoms with Crippen LogP contribution in [-0.4, -0.2) is 17.2 Å². The van der Waals surface area contributed by atoms with Crippen molar-refractivity contribution >= 4 is 5.97 Å². The first-order valence-electron chi connectivity index (χ1n) is 5.15. The molecule has 0 heterocycles. The first kappa shape index (κ1) is 13.2. The van der Waals surface area contributed by atoms with Crippen molar-refractivity contribution in [3.05, 3.63) is 12.7 Å². The number of unbranched alkanes of at least 4 members (excludes halogenated alkanes) is 4. The number of aliphatic hydroxyl groups excluding tert-OH is 1. The Hall–Kier alpha value is -0.830. The fourth-order valence-electron chi connectivity index (χ4n) is 1.32. The smallest absolute Gasteiger partial charge is 0.0592 e. The number of rotatable bonds is 9. The molecule has 0 aliphatic carbocycles. The lowest BCUT2D eigenvalue weighted by molar-refractivity contribution is -0.307. The Kier molecular flexibility index (Phi) is 8.24. The largest absolute Gasteiger partial charge is 0.550 e. The molecular formula is C11H19O3-. The maximum absolute atomic E-state index is 10.1. The van der Waals surface area contributed by atoms with Crippen LogP contribution in [-0.2, 0) is 4.79 Å². The van der Waals surface area contributed by atoms with Gasteiger partial charge in [-0.15, -0.1) is 6.58 Å². The van der Waals surface area contributed by atoms with E-state index in [-0.39, 0.29) is 6.42 Å². The lowest BCUT2D eigenvalue weighted by Gasteiger charge is -2.10. The van der Waals surface area contributed by atoms with E-state index in [1.54, 1.807) is 0 Å². The van der Waals surface area contributed by atoms with Gasteiger partial charge in [0.2, 0.25) is 0 Å². The predicted octanol–water partition coefficient (Wildman–Crippen LogP) is 1.01. The van der Waals surface area contributed by atoms with E-state index in [4.69, 9.17) is 0 Å². The molecule has 14 heavy (non-hydrogen) atoms. The molecule has 0 rings (SSSR count). The van der Waals surface area contributed by atoms with Crippen molar-refractivity contribution in [2.24, 2.45) is 0 Å². The van der Waals surface area contributed by atoms with E-state index in [0.29, 0.717) is 6.42 Å².